The summed E-state index contributed by atoms with van der Waals surface area (Å²) < 4.78 is 26.7. The third kappa shape index (κ3) is 5.25. The van der Waals surface area contributed by atoms with E-state index in [9.17, 15) is 13.6 Å². The van der Waals surface area contributed by atoms with Gasteiger partial charge in [-0.1, -0.05) is 12.1 Å². The molecule has 0 saturated carbocycles. The molecule has 134 valence electrons. The number of anilines is 1. The first-order chi connectivity index (χ1) is 11.6. The van der Waals surface area contributed by atoms with Crippen LogP contribution < -0.4 is 10.6 Å². The summed E-state index contributed by atoms with van der Waals surface area (Å²) in [4.78, 5) is 12.2. The number of hydrogen-bond acceptors (Lipinski definition) is 2. The molecule has 1 amide bonds. The lowest BCUT2D eigenvalue weighted by Gasteiger charge is -2.13. The standard InChI is InChI=1S/C19H20F2N2O.ClH/c20-15-4-2-14(3-5-15)17-11-16(21)6-7-18(17)23-19(24)8-1-13-9-10-22-12-13;/h2-7,11,13,22H,1,8-10,12H2,(H,23,24);1H. The number of carbonyl (C=O) groups is 1. The van der Waals surface area contributed by atoms with Crippen LogP contribution in [0.15, 0.2) is 42.5 Å². The minimum atomic E-state index is -0.399. The van der Waals surface area contributed by atoms with E-state index in [0.29, 0.717) is 29.2 Å². The molecular weight excluding hydrogens is 346 g/mol. The zero-order valence-corrected chi connectivity index (χ0v) is 14.5. The number of benzene rings is 2. The van der Waals surface area contributed by atoms with Crippen molar-refractivity contribution in [3.8, 4) is 11.1 Å². The van der Waals surface area contributed by atoms with Crippen molar-refractivity contribution in [3.05, 3.63) is 54.1 Å². The molecule has 1 saturated heterocycles. The maximum Gasteiger partial charge on any atom is 0.224 e. The van der Waals surface area contributed by atoms with Gasteiger partial charge in [-0.3, -0.25) is 4.79 Å². The molecule has 1 heterocycles. The fourth-order valence-electron chi connectivity index (χ4n) is 3.00. The highest BCUT2D eigenvalue weighted by Crippen LogP contribution is 2.29. The van der Waals surface area contributed by atoms with Crippen LogP contribution in [0.5, 0.6) is 0 Å². The van der Waals surface area contributed by atoms with Gasteiger partial charge >= 0.3 is 0 Å². The number of carbonyl (C=O) groups excluding carboxylic acids is 1. The molecule has 1 aliphatic heterocycles. The van der Waals surface area contributed by atoms with Gasteiger partial charge in [0.1, 0.15) is 11.6 Å². The van der Waals surface area contributed by atoms with E-state index < -0.39 is 5.82 Å². The van der Waals surface area contributed by atoms with E-state index in [4.69, 9.17) is 0 Å². The Balaban J connectivity index is 0.00000225. The third-order valence-corrected chi connectivity index (χ3v) is 4.35. The van der Waals surface area contributed by atoms with Crippen LogP contribution in [0.4, 0.5) is 14.5 Å². The van der Waals surface area contributed by atoms with Crippen LogP contribution in [0, 0.1) is 17.6 Å². The Hall–Kier alpha value is -1.98. The Morgan fingerprint density at radius 1 is 1.12 bits per heavy atom. The summed E-state index contributed by atoms with van der Waals surface area (Å²) in [6.45, 7) is 1.98. The van der Waals surface area contributed by atoms with Crippen molar-refractivity contribution in [2.45, 2.75) is 19.3 Å². The summed E-state index contributed by atoms with van der Waals surface area (Å²) in [5.41, 5.74) is 1.75. The van der Waals surface area contributed by atoms with E-state index in [1.807, 2.05) is 0 Å². The Morgan fingerprint density at radius 3 is 2.52 bits per heavy atom. The first kappa shape index (κ1) is 19.3. The third-order valence-electron chi connectivity index (χ3n) is 4.35. The quantitative estimate of drug-likeness (QED) is 0.824. The van der Waals surface area contributed by atoms with Gasteiger partial charge in [0.2, 0.25) is 5.91 Å². The summed E-state index contributed by atoms with van der Waals surface area (Å²) in [6, 6.07) is 9.99. The van der Waals surface area contributed by atoms with Crippen LogP contribution in [0.1, 0.15) is 19.3 Å². The van der Waals surface area contributed by atoms with Gasteiger partial charge in [0, 0.05) is 17.7 Å². The second-order valence-corrected chi connectivity index (χ2v) is 6.14. The zero-order valence-electron chi connectivity index (χ0n) is 13.7. The lowest BCUT2D eigenvalue weighted by atomic mass is 10.0. The van der Waals surface area contributed by atoms with Crippen LogP contribution in [-0.4, -0.2) is 19.0 Å². The number of hydrogen-bond donors (Lipinski definition) is 2. The number of rotatable bonds is 5. The lowest BCUT2D eigenvalue weighted by Crippen LogP contribution is -2.15. The van der Waals surface area contributed by atoms with Crippen LogP contribution in [-0.2, 0) is 4.79 Å². The van der Waals surface area contributed by atoms with Crippen molar-refractivity contribution in [1.82, 2.24) is 5.32 Å². The van der Waals surface area contributed by atoms with Gasteiger partial charge in [0.05, 0.1) is 0 Å². The van der Waals surface area contributed by atoms with Gasteiger partial charge in [0.25, 0.3) is 0 Å². The van der Waals surface area contributed by atoms with Gasteiger partial charge < -0.3 is 10.6 Å². The lowest BCUT2D eigenvalue weighted by molar-refractivity contribution is -0.116. The van der Waals surface area contributed by atoms with Crippen molar-refractivity contribution in [2.75, 3.05) is 18.4 Å². The molecule has 2 aromatic rings. The average molecular weight is 367 g/mol. The second kappa shape index (κ2) is 8.92. The van der Waals surface area contributed by atoms with Crippen molar-refractivity contribution in [1.29, 1.82) is 0 Å². The molecule has 2 N–H and O–H groups in total. The molecular formula is C19H21ClF2N2O. The number of nitrogens with one attached hydrogen (secondary N) is 2. The minimum absolute atomic E-state index is 0. The second-order valence-electron chi connectivity index (χ2n) is 6.14. The fraction of sp³-hybridized carbons (Fsp3) is 0.316. The van der Waals surface area contributed by atoms with Gasteiger partial charge in [-0.2, -0.15) is 0 Å². The van der Waals surface area contributed by atoms with E-state index in [1.54, 1.807) is 18.2 Å². The Morgan fingerprint density at radius 2 is 1.84 bits per heavy atom. The monoisotopic (exact) mass is 366 g/mol. The van der Waals surface area contributed by atoms with Gasteiger partial charge in [-0.05, 0) is 67.7 Å². The topological polar surface area (TPSA) is 41.1 Å². The van der Waals surface area contributed by atoms with Gasteiger partial charge in [0.15, 0.2) is 0 Å². The minimum Gasteiger partial charge on any atom is -0.326 e. The van der Waals surface area contributed by atoms with Crippen molar-refractivity contribution in [3.63, 3.8) is 0 Å². The molecule has 1 unspecified atom stereocenters. The molecule has 0 aliphatic carbocycles. The molecule has 25 heavy (non-hydrogen) atoms. The summed E-state index contributed by atoms with van der Waals surface area (Å²) in [6.07, 6.45) is 2.38. The normalized spacial score (nSPS) is 16.3. The molecule has 3 nitrogen and oxygen atoms in total. The highest BCUT2D eigenvalue weighted by Gasteiger charge is 2.16. The first-order valence-electron chi connectivity index (χ1n) is 8.18. The molecule has 2 aromatic carbocycles. The van der Waals surface area contributed by atoms with Gasteiger partial charge in [-0.25, -0.2) is 8.78 Å². The summed E-state index contributed by atoms with van der Waals surface area (Å²) in [5, 5.41) is 6.14. The Labute approximate surface area is 152 Å². The zero-order chi connectivity index (χ0) is 16.9. The van der Waals surface area contributed by atoms with E-state index in [0.717, 1.165) is 25.9 Å². The molecule has 0 radical (unpaired) electrons. The summed E-state index contributed by atoms with van der Waals surface area (Å²) in [5.74, 6) is -0.298. The highest BCUT2D eigenvalue weighted by molar-refractivity contribution is 5.95. The number of amides is 1. The molecule has 1 fully saturated rings. The van der Waals surface area contributed by atoms with Crippen molar-refractivity contribution in [2.24, 2.45) is 5.92 Å². The van der Waals surface area contributed by atoms with Crippen LogP contribution >= 0.6 is 12.4 Å². The van der Waals surface area contributed by atoms with Gasteiger partial charge in [-0.15, -0.1) is 12.4 Å². The maximum absolute atomic E-state index is 13.6. The molecule has 1 atom stereocenters. The molecule has 0 aromatic heterocycles. The van der Waals surface area contributed by atoms with E-state index in [1.165, 1.54) is 24.3 Å². The first-order valence-corrected chi connectivity index (χ1v) is 8.18. The predicted molar refractivity (Wildman–Crippen MR) is 97.9 cm³/mol. The van der Waals surface area contributed by atoms with Crippen molar-refractivity contribution < 1.29 is 13.6 Å². The summed E-state index contributed by atoms with van der Waals surface area (Å²) in [7, 11) is 0. The molecule has 0 bridgehead atoms. The summed E-state index contributed by atoms with van der Waals surface area (Å²) >= 11 is 0. The Kier molecular flexibility index (Phi) is 6.91. The average Bonchev–Trinajstić information content (AvgIpc) is 3.09. The molecule has 0 spiro atoms. The molecule has 6 heteroatoms. The van der Waals surface area contributed by atoms with Crippen LogP contribution in [0.2, 0.25) is 0 Å². The van der Waals surface area contributed by atoms with Crippen LogP contribution in [0.3, 0.4) is 0 Å². The maximum atomic E-state index is 13.6. The van der Waals surface area contributed by atoms with E-state index in [-0.39, 0.29) is 24.1 Å². The Bertz CT molecular complexity index is 716. The predicted octanol–water partition coefficient (Wildman–Crippen LogP) is 4.38. The smallest absolute Gasteiger partial charge is 0.224 e. The molecule has 1 aliphatic rings. The van der Waals surface area contributed by atoms with Crippen LogP contribution in [0.25, 0.3) is 11.1 Å². The van der Waals surface area contributed by atoms with E-state index in [2.05, 4.69) is 10.6 Å². The van der Waals surface area contributed by atoms with E-state index >= 15 is 0 Å². The molecule has 3 rings (SSSR count). The highest BCUT2D eigenvalue weighted by atomic mass is 35.5. The number of halogens is 3. The van der Waals surface area contributed by atoms with Crippen molar-refractivity contribution >= 4 is 24.0 Å². The fourth-order valence-corrected chi connectivity index (χ4v) is 3.00. The SMILES string of the molecule is Cl.O=C(CCC1CCNC1)Nc1ccc(F)cc1-c1ccc(F)cc1. The largest absolute Gasteiger partial charge is 0.326 e.